The molecule has 2 heterocycles. The van der Waals surface area contributed by atoms with Crippen molar-refractivity contribution in [3.8, 4) is 5.75 Å². The Balaban J connectivity index is 1.79. The summed E-state index contributed by atoms with van der Waals surface area (Å²) in [5.41, 5.74) is -0.0914. The van der Waals surface area contributed by atoms with E-state index >= 15 is 0 Å². The Hall–Kier alpha value is -2.57. The van der Waals surface area contributed by atoms with Crippen LogP contribution in [0.3, 0.4) is 0 Å². The highest BCUT2D eigenvalue weighted by molar-refractivity contribution is 5.37. The third-order valence-corrected chi connectivity index (χ3v) is 2.91. The Kier molecular flexibility index (Phi) is 3.25. The van der Waals surface area contributed by atoms with Gasteiger partial charge < -0.3 is 4.74 Å². The number of rotatable bonds is 3. The third kappa shape index (κ3) is 2.81. The minimum atomic E-state index is -4.39. The number of ether oxygens (including phenoxy) is 1. The third-order valence-electron chi connectivity index (χ3n) is 2.91. The molecule has 3 rings (SSSR count). The molecule has 21 heavy (non-hydrogen) atoms. The second kappa shape index (κ2) is 5.08. The van der Waals surface area contributed by atoms with Crippen molar-refractivity contribution in [3.05, 3.63) is 60.0 Å². The summed E-state index contributed by atoms with van der Waals surface area (Å²) in [5.74, 6) is 0.653. The van der Waals surface area contributed by atoms with E-state index in [0.717, 1.165) is 12.1 Å². The predicted molar refractivity (Wildman–Crippen MR) is 68.8 cm³/mol. The van der Waals surface area contributed by atoms with E-state index in [0.29, 0.717) is 11.5 Å². The van der Waals surface area contributed by atoms with Crippen LogP contribution in [-0.2, 0) is 12.8 Å². The van der Waals surface area contributed by atoms with Crippen LogP contribution in [0.4, 0.5) is 13.2 Å². The number of alkyl halides is 3. The fourth-order valence-electron chi connectivity index (χ4n) is 1.90. The molecule has 3 aromatic rings. The first-order chi connectivity index (χ1) is 10.0. The van der Waals surface area contributed by atoms with Gasteiger partial charge in [0.15, 0.2) is 11.5 Å². The Labute approximate surface area is 117 Å². The van der Waals surface area contributed by atoms with Gasteiger partial charge in [-0.1, -0.05) is 12.1 Å². The maximum absolute atomic E-state index is 12.6. The van der Waals surface area contributed by atoms with Gasteiger partial charge in [-0.2, -0.15) is 13.2 Å². The van der Waals surface area contributed by atoms with Gasteiger partial charge in [-0.15, -0.1) is 10.2 Å². The number of pyridine rings is 1. The molecule has 7 heteroatoms. The highest BCUT2D eigenvalue weighted by Gasteiger charge is 2.30. The molecule has 0 saturated heterocycles. The van der Waals surface area contributed by atoms with E-state index in [1.54, 1.807) is 16.7 Å². The molecule has 0 aliphatic carbocycles. The van der Waals surface area contributed by atoms with Crippen molar-refractivity contribution >= 4 is 5.65 Å². The minimum Gasteiger partial charge on any atom is -0.486 e. The van der Waals surface area contributed by atoms with E-state index in [1.165, 1.54) is 12.1 Å². The van der Waals surface area contributed by atoms with Crippen LogP contribution >= 0.6 is 0 Å². The lowest BCUT2D eigenvalue weighted by atomic mass is 10.2. The Morgan fingerprint density at radius 1 is 1.05 bits per heavy atom. The number of benzene rings is 1. The molecule has 0 bridgehead atoms. The lowest BCUT2D eigenvalue weighted by Crippen LogP contribution is -2.06. The normalized spacial score (nSPS) is 11.8. The molecule has 1 aromatic carbocycles. The molecule has 0 aliphatic rings. The molecule has 0 spiro atoms. The van der Waals surface area contributed by atoms with Crippen LogP contribution < -0.4 is 4.74 Å². The van der Waals surface area contributed by atoms with Gasteiger partial charge in [-0.05, 0) is 30.3 Å². The van der Waals surface area contributed by atoms with Gasteiger partial charge in [0.2, 0.25) is 0 Å². The molecule has 0 unspecified atom stereocenters. The molecular weight excluding hydrogens is 283 g/mol. The van der Waals surface area contributed by atoms with Gasteiger partial charge in [0, 0.05) is 6.20 Å². The number of hydrogen-bond donors (Lipinski definition) is 0. The zero-order valence-electron chi connectivity index (χ0n) is 10.7. The van der Waals surface area contributed by atoms with Gasteiger partial charge >= 0.3 is 6.18 Å². The van der Waals surface area contributed by atoms with Crippen molar-refractivity contribution in [1.29, 1.82) is 0 Å². The molecule has 0 N–H and O–H groups in total. The van der Waals surface area contributed by atoms with Gasteiger partial charge in [-0.25, -0.2) is 0 Å². The molecule has 0 amide bonds. The fraction of sp³-hybridized carbons (Fsp3) is 0.143. The molecule has 0 saturated carbocycles. The second-order valence-electron chi connectivity index (χ2n) is 4.36. The molecular formula is C14H10F3N3O. The Morgan fingerprint density at radius 3 is 2.71 bits per heavy atom. The number of nitrogens with zero attached hydrogens (tertiary/aromatic N) is 3. The maximum atomic E-state index is 12.6. The summed E-state index contributed by atoms with van der Waals surface area (Å²) in [7, 11) is 0. The number of hydrogen-bond acceptors (Lipinski definition) is 3. The van der Waals surface area contributed by atoms with Crippen molar-refractivity contribution in [2.24, 2.45) is 0 Å². The summed E-state index contributed by atoms with van der Waals surface area (Å²) < 4.78 is 44.9. The van der Waals surface area contributed by atoms with E-state index in [4.69, 9.17) is 4.74 Å². The quantitative estimate of drug-likeness (QED) is 0.743. The highest BCUT2D eigenvalue weighted by atomic mass is 19.4. The van der Waals surface area contributed by atoms with Crippen LogP contribution in [0.2, 0.25) is 0 Å². The molecule has 0 fully saturated rings. The average Bonchev–Trinajstić information content (AvgIpc) is 2.88. The van der Waals surface area contributed by atoms with Crippen LogP contribution in [0.1, 0.15) is 11.4 Å². The molecule has 2 aromatic heterocycles. The zero-order chi connectivity index (χ0) is 14.9. The largest absolute Gasteiger partial charge is 0.486 e. The highest BCUT2D eigenvalue weighted by Crippen LogP contribution is 2.31. The first kappa shape index (κ1) is 13.4. The Bertz CT molecular complexity index is 767. The van der Waals surface area contributed by atoms with Gasteiger partial charge in [-0.3, -0.25) is 4.40 Å². The van der Waals surface area contributed by atoms with Gasteiger partial charge in [0.1, 0.15) is 12.4 Å². The monoisotopic (exact) mass is 293 g/mol. The maximum Gasteiger partial charge on any atom is 0.416 e. The van der Waals surface area contributed by atoms with Gasteiger partial charge in [0.05, 0.1) is 5.56 Å². The standard InChI is InChI=1S/C14H10F3N3O/c15-14(16,17)10-4-3-5-11(8-10)21-9-13-19-18-12-6-1-2-7-20(12)13/h1-8H,9H2. The topological polar surface area (TPSA) is 39.4 Å². The lowest BCUT2D eigenvalue weighted by molar-refractivity contribution is -0.137. The van der Waals surface area contributed by atoms with Crippen molar-refractivity contribution < 1.29 is 17.9 Å². The van der Waals surface area contributed by atoms with Crippen LogP contribution in [-0.4, -0.2) is 14.6 Å². The van der Waals surface area contributed by atoms with Crippen LogP contribution in [0, 0.1) is 0 Å². The van der Waals surface area contributed by atoms with Crippen LogP contribution in [0.5, 0.6) is 5.75 Å². The zero-order valence-corrected chi connectivity index (χ0v) is 10.7. The molecule has 4 nitrogen and oxygen atoms in total. The first-order valence-corrected chi connectivity index (χ1v) is 6.13. The molecule has 0 radical (unpaired) electrons. The van der Waals surface area contributed by atoms with E-state index in [1.807, 2.05) is 12.1 Å². The summed E-state index contributed by atoms with van der Waals surface area (Å²) >= 11 is 0. The summed E-state index contributed by atoms with van der Waals surface area (Å²) in [6.07, 6.45) is -2.62. The smallest absolute Gasteiger partial charge is 0.416 e. The number of halogens is 3. The van der Waals surface area contributed by atoms with Crippen LogP contribution in [0.15, 0.2) is 48.7 Å². The number of aromatic nitrogens is 3. The molecule has 108 valence electrons. The Morgan fingerprint density at radius 2 is 1.90 bits per heavy atom. The number of fused-ring (bicyclic) bond motifs is 1. The summed E-state index contributed by atoms with van der Waals surface area (Å²) in [6, 6.07) is 10.1. The van der Waals surface area contributed by atoms with Crippen molar-refractivity contribution in [1.82, 2.24) is 14.6 Å². The van der Waals surface area contributed by atoms with Crippen LogP contribution in [0.25, 0.3) is 5.65 Å². The van der Waals surface area contributed by atoms with E-state index in [-0.39, 0.29) is 12.4 Å². The van der Waals surface area contributed by atoms with Crippen molar-refractivity contribution in [3.63, 3.8) is 0 Å². The lowest BCUT2D eigenvalue weighted by Gasteiger charge is -2.09. The first-order valence-electron chi connectivity index (χ1n) is 6.13. The van der Waals surface area contributed by atoms with Gasteiger partial charge in [0.25, 0.3) is 0 Å². The second-order valence-corrected chi connectivity index (χ2v) is 4.36. The average molecular weight is 293 g/mol. The van der Waals surface area contributed by atoms with Crippen molar-refractivity contribution in [2.75, 3.05) is 0 Å². The summed E-state index contributed by atoms with van der Waals surface area (Å²) in [5, 5.41) is 7.89. The fourth-order valence-corrected chi connectivity index (χ4v) is 1.90. The van der Waals surface area contributed by atoms with E-state index in [9.17, 15) is 13.2 Å². The molecule has 0 aliphatic heterocycles. The SMILES string of the molecule is FC(F)(F)c1cccc(OCc2nnc3ccccn23)c1. The van der Waals surface area contributed by atoms with E-state index in [2.05, 4.69) is 10.2 Å². The summed E-state index contributed by atoms with van der Waals surface area (Å²) in [6.45, 7) is 0.0342. The molecule has 0 atom stereocenters. The summed E-state index contributed by atoms with van der Waals surface area (Å²) in [4.78, 5) is 0. The minimum absolute atomic E-state index is 0.0342. The predicted octanol–water partition coefficient (Wildman–Crippen LogP) is 3.33. The van der Waals surface area contributed by atoms with E-state index < -0.39 is 11.7 Å². The van der Waals surface area contributed by atoms with Crippen molar-refractivity contribution in [2.45, 2.75) is 12.8 Å².